The van der Waals surface area contributed by atoms with Gasteiger partial charge in [0, 0.05) is 28.9 Å². The molecule has 4 rings (SSSR count). The van der Waals surface area contributed by atoms with E-state index in [1.807, 2.05) is 54.6 Å². The number of carbonyl (C=O) groups excluding carboxylic acids is 1. The number of hydrogen-bond acceptors (Lipinski definition) is 4. The summed E-state index contributed by atoms with van der Waals surface area (Å²) in [7, 11) is 0. The van der Waals surface area contributed by atoms with Crippen molar-refractivity contribution in [1.82, 2.24) is 10.3 Å². The molecular weight excluding hydrogens is 382 g/mol. The number of carbonyl (C=O) groups is 1. The first-order chi connectivity index (χ1) is 14.2. The number of benzene rings is 3. The van der Waals surface area contributed by atoms with Gasteiger partial charge in [-0.05, 0) is 29.3 Å². The topological polar surface area (TPSA) is 80.1 Å². The largest absolute Gasteiger partial charge is 0.411 e. The van der Waals surface area contributed by atoms with Crippen LogP contribution in [0.2, 0.25) is 0 Å². The maximum absolute atomic E-state index is 11.4. The summed E-state index contributed by atoms with van der Waals surface area (Å²) in [5.41, 5.74) is 8.54. The van der Waals surface area contributed by atoms with Crippen LogP contribution in [0, 0.1) is 0 Å². The van der Waals surface area contributed by atoms with Crippen LogP contribution in [0.15, 0.2) is 88.7 Å². The van der Waals surface area contributed by atoms with E-state index >= 15 is 0 Å². The minimum absolute atomic E-state index is 0.371. The van der Waals surface area contributed by atoms with Crippen molar-refractivity contribution in [2.24, 2.45) is 5.73 Å². The number of H-pyrrole nitrogens is 1. The molecule has 146 valence electrons. The van der Waals surface area contributed by atoms with Crippen LogP contribution >= 0.6 is 11.8 Å². The average molecular weight is 404 g/mol. The summed E-state index contributed by atoms with van der Waals surface area (Å²) in [6.45, 7) is 1.53. The van der Waals surface area contributed by atoms with Crippen LogP contribution in [0.25, 0.3) is 10.9 Å². The van der Waals surface area contributed by atoms with Gasteiger partial charge in [-0.25, -0.2) is 4.79 Å². The van der Waals surface area contributed by atoms with Crippen molar-refractivity contribution < 1.29 is 9.53 Å². The summed E-state index contributed by atoms with van der Waals surface area (Å²) in [6, 6.07) is 26.4. The number of rotatable bonds is 7. The first-order valence-electron chi connectivity index (χ1n) is 9.28. The summed E-state index contributed by atoms with van der Waals surface area (Å²) in [5.74, 6) is 0.371. The zero-order chi connectivity index (χ0) is 20.1. The van der Waals surface area contributed by atoms with E-state index in [-0.39, 0.29) is 0 Å². The Labute approximate surface area is 173 Å². The number of nitrogens with one attached hydrogen (secondary N) is 2. The van der Waals surface area contributed by atoms with Crippen LogP contribution in [0.5, 0.6) is 5.88 Å². The van der Waals surface area contributed by atoms with Crippen molar-refractivity contribution in [2.45, 2.75) is 22.9 Å². The summed E-state index contributed by atoms with van der Waals surface area (Å²) in [5, 5.41) is 4.44. The van der Waals surface area contributed by atoms with Crippen LogP contribution in [-0.2, 0) is 13.1 Å². The second-order valence-corrected chi connectivity index (χ2v) is 7.67. The third kappa shape index (κ3) is 4.80. The van der Waals surface area contributed by atoms with Crippen LogP contribution in [0.3, 0.4) is 0 Å². The predicted molar refractivity (Wildman–Crippen MR) is 116 cm³/mol. The van der Waals surface area contributed by atoms with Crippen molar-refractivity contribution in [1.29, 1.82) is 0 Å². The standard InChI is InChI=1S/C23H21N3O2S/c24-23(27)28-22-21(29-18-9-5-2-6-10-18)19-12-11-17(13-20(19)26-22)15-25-14-16-7-3-1-4-8-16/h1-13,25-26H,14-15H2,(H2,24,27). The monoisotopic (exact) mass is 403 g/mol. The predicted octanol–water partition coefficient (Wildman–Crippen LogP) is 5.07. The van der Waals surface area contributed by atoms with Crippen molar-refractivity contribution >= 4 is 28.8 Å². The van der Waals surface area contributed by atoms with E-state index in [9.17, 15) is 4.79 Å². The molecule has 0 aliphatic heterocycles. The Morgan fingerprint density at radius 3 is 2.34 bits per heavy atom. The minimum Gasteiger partial charge on any atom is -0.392 e. The van der Waals surface area contributed by atoms with E-state index < -0.39 is 6.09 Å². The van der Waals surface area contributed by atoms with Gasteiger partial charge in [0.05, 0.1) is 4.90 Å². The molecule has 3 aromatic carbocycles. The highest BCUT2D eigenvalue weighted by molar-refractivity contribution is 7.99. The number of aromatic nitrogens is 1. The molecule has 0 spiro atoms. The minimum atomic E-state index is -0.837. The van der Waals surface area contributed by atoms with Crippen LogP contribution < -0.4 is 15.8 Å². The fourth-order valence-corrected chi connectivity index (χ4v) is 4.13. The molecule has 0 fully saturated rings. The lowest BCUT2D eigenvalue weighted by atomic mass is 10.1. The molecule has 1 amide bonds. The number of nitrogens with two attached hydrogens (primary N) is 1. The Hall–Kier alpha value is -3.22. The van der Waals surface area contributed by atoms with Gasteiger partial charge in [0.1, 0.15) is 0 Å². The Morgan fingerprint density at radius 1 is 0.931 bits per heavy atom. The Morgan fingerprint density at radius 2 is 1.62 bits per heavy atom. The number of aromatic amines is 1. The van der Waals surface area contributed by atoms with Crippen LogP contribution in [0.1, 0.15) is 11.1 Å². The highest BCUT2D eigenvalue weighted by Gasteiger charge is 2.16. The van der Waals surface area contributed by atoms with Crippen molar-refractivity contribution in [2.75, 3.05) is 0 Å². The molecule has 0 aliphatic carbocycles. The van der Waals surface area contributed by atoms with E-state index in [0.717, 1.165) is 39.3 Å². The molecule has 0 saturated heterocycles. The normalized spacial score (nSPS) is 10.9. The molecule has 4 aromatic rings. The molecular formula is C23H21N3O2S. The maximum Gasteiger partial charge on any atom is 0.411 e. The fourth-order valence-electron chi connectivity index (χ4n) is 3.13. The van der Waals surface area contributed by atoms with Crippen molar-refractivity contribution in [3.05, 3.63) is 90.0 Å². The van der Waals surface area contributed by atoms with E-state index in [1.54, 1.807) is 0 Å². The summed E-state index contributed by atoms with van der Waals surface area (Å²) in [4.78, 5) is 16.4. The van der Waals surface area contributed by atoms with Gasteiger partial charge in [-0.1, -0.05) is 72.4 Å². The van der Waals surface area contributed by atoms with Gasteiger partial charge in [-0.3, -0.25) is 0 Å². The molecule has 1 heterocycles. The molecule has 0 aliphatic rings. The molecule has 0 saturated carbocycles. The molecule has 5 nitrogen and oxygen atoms in total. The third-order valence-corrected chi connectivity index (χ3v) is 5.57. The average Bonchev–Trinajstić information content (AvgIpc) is 3.05. The molecule has 0 atom stereocenters. The maximum atomic E-state index is 11.4. The molecule has 0 unspecified atom stereocenters. The molecule has 4 N–H and O–H groups in total. The number of fused-ring (bicyclic) bond motifs is 1. The van der Waals surface area contributed by atoms with Gasteiger partial charge < -0.3 is 20.8 Å². The van der Waals surface area contributed by atoms with Gasteiger partial charge in [0.15, 0.2) is 0 Å². The highest BCUT2D eigenvalue weighted by atomic mass is 32.2. The van der Waals surface area contributed by atoms with E-state index in [0.29, 0.717) is 5.88 Å². The Balaban J connectivity index is 1.56. The van der Waals surface area contributed by atoms with Crippen LogP contribution in [0.4, 0.5) is 4.79 Å². The molecule has 0 bridgehead atoms. The quantitative estimate of drug-likeness (QED) is 0.403. The van der Waals surface area contributed by atoms with Gasteiger partial charge >= 0.3 is 6.09 Å². The second kappa shape index (κ2) is 8.86. The van der Waals surface area contributed by atoms with Crippen molar-refractivity contribution in [3.63, 3.8) is 0 Å². The molecule has 0 radical (unpaired) electrons. The van der Waals surface area contributed by atoms with E-state index in [4.69, 9.17) is 10.5 Å². The zero-order valence-corrected chi connectivity index (χ0v) is 16.5. The molecule has 29 heavy (non-hydrogen) atoms. The SMILES string of the molecule is NC(=O)Oc1[nH]c2cc(CNCc3ccccc3)ccc2c1Sc1ccccc1. The number of hydrogen-bond donors (Lipinski definition) is 3. The first-order valence-corrected chi connectivity index (χ1v) is 10.1. The van der Waals surface area contributed by atoms with E-state index in [2.05, 4.69) is 34.6 Å². The second-order valence-electron chi connectivity index (χ2n) is 6.59. The van der Waals surface area contributed by atoms with E-state index in [1.165, 1.54) is 17.3 Å². The lowest BCUT2D eigenvalue weighted by Crippen LogP contribution is -2.16. The number of primary amides is 1. The van der Waals surface area contributed by atoms with Gasteiger partial charge in [-0.15, -0.1) is 0 Å². The first kappa shape index (κ1) is 19.1. The fraction of sp³-hybridized carbons (Fsp3) is 0.0870. The van der Waals surface area contributed by atoms with Crippen LogP contribution in [-0.4, -0.2) is 11.1 Å². The third-order valence-electron chi connectivity index (χ3n) is 4.45. The Bertz CT molecular complexity index is 1110. The molecule has 1 aromatic heterocycles. The van der Waals surface area contributed by atoms with Gasteiger partial charge in [-0.2, -0.15) is 0 Å². The highest BCUT2D eigenvalue weighted by Crippen LogP contribution is 2.40. The Kier molecular flexibility index (Phi) is 5.84. The molecule has 6 heteroatoms. The van der Waals surface area contributed by atoms with Gasteiger partial charge in [0.2, 0.25) is 5.88 Å². The smallest absolute Gasteiger partial charge is 0.392 e. The van der Waals surface area contributed by atoms with Crippen molar-refractivity contribution in [3.8, 4) is 5.88 Å². The van der Waals surface area contributed by atoms with Gasteiger partial charge in [0.25, 0.3) is 0 Å². The lowest BCUT2D eigenvalue weighted by Gasteiger charge is -2.06. The summed E-state index contributed by atoms with van der Waals surface area (Å²) < 4.78 is 5.23. The summed E-state index contributed by atoms with van der Waals surface area (Å²) in [6.07, 6.45) is -0.837. The summed E-state index contributed by atoms with van der Waals surface area (Å²) >= 11 is 1.53. The number of ether oxygens (including phenoxy) is 1. The number of amides is 1. The lowest BCUT2D eigenvalue weighted by molar-refractivity contribution is 0.208. The zero-order valence-electron chi connectivity index (χ0n) is 15.7.